The first-order valence-corrected chi connectivity index (χ1v) is 21.7. The minimum atomic E-state index is -1.59. The van der Waals surface area contributed by atoms with Gasteiger partial charge in [0.2, 0.25) is 0 Å². The van der Waals surface area contributed by atoms with Crippen LogP contribution >= 0.6 is 0 Å². The molecule has 2 amide bonds. The fourth-order valence-electron chi connectivity index (χ4n) is 8.38. The fourth-order valence-corrected chi connectivity index (χ4v) is 8.38. The van der Waals surface area contributed by atoms with Gasteiger partial charge in [-0.15, -0.1) is 0 Å². The normalized spacial score (nSPS) is 12.4. The molecule has 6 aromatic carbocycles. The third kappa shape index (κ3) is 11.7. The minimum Gasteiger partial charge on any atom is -0.463 e. The van der Waals surface area contributed by atoms with Crippen LogP contribution in [-0.4, -0.2) is 65.9 Å². The molecular weight excluding hydrogens is 821 g/mol. The predicted octanol–water partition coefficient (Wildman–Crippen LogP) is 10.9. The number of amides is 2. The number of hydrogen-bond acceptors (Lipinski definition) is 9. The predicted molar refractivity (Wildman–Crippen MR) is 252 cm³/mol. The highest BCUT2D eigenvalue weighted by Crippen LogP contribution is 2.56. The summed E-state index contributed by atoms with van der Waals surface area (Å²) in [7, 11) is 4.77. The van der Waals surface area contributed by atoms with Gasteiger partial charge in [0.1, 0.15) is 17.6 Å². The molecule has 0 spiro atoms. The van der Waals surface area contributed by atoms with Crippen LogP contribution in [0.3, 0.4) is 0 Å². The monoisotopic (exact) mass is 878 g/mol. The molecule has 0 saturated carbocycles. The molecule has 6 rings (SSSR count). The van der Waals surface area contributed by atoms with Crippen LogP contribution in [0.5, 0.6) is 0 Å². The van der Waals surface area contributed by atoms with E-state index in [-0.39, 0.29) is 19.6 Å². The number of benzene rings is 6. The zero-order valence-corrected chi connectivity index (χ0v) is 37.5. The molecule has 11 heteroatoms. The summed E-state index contributed by atoms with van der Waals surface area (Å²) in [6.45, 7) is 2.93. The minimum absolute atomic E-state index is 0.00934. The van der Waals surface area contributed by atoms with Gasteiger partial charge in [-0.1, -0.05) is 146 Å². The molecule has 0 aliphatic rings. The maximum Gasteiger partial charge on any atom is 0.412 e. The molecule has 65 heavy (non-hydrogen) atoms. The summed E-state index contributed by atoms with van der Waals surface area (Å²) >= 11 is 0. The van der Waals surface area contributed by atoms with Crippen LogP contribution in [0, 0.1) is 5.41 Å². The topological polar surface area (TPSA) is 131 Å². The van der Waals surface area contributed by atoms with Crippen LogP contribution < -0.4 is 10.6 Å². The molecule has 0 aliphatic carbocycles. The van der Waals surface area contributed by atoms with Gasteiger partial charge in [0, 0.05) is 56.9 Å². The molecule has 0 heterocycles. The fraction of sp³-hybridized carbons (Fsp3) is 0.278. The Morgan fingerprint density at radius 3 is 1.35 bits per heavy atom. The van der Waals surface area contributed by atoms with Gasteiger partial charge in [0.25, 0.3) is 0 Å². The quantitative estimate of drug-likeness (QED) is 0.0389. The van der Waals surface area contributed by atoms with Gasteiger partial charge in [-0.2, -0.15) is 0 Å². The summed E-state index contributed by atoms with van der Waals surface area (Å²) in [5.41, 5.74) is 1.21. The van der Waals surface area contributed by atoms with Crippen LogP contribution in [0.2, 0.25) is 0 Å². The van der Waals surface area contributed by atoms with Crippen molar-refractivity contribution >= 4 is 29.5 Å². The van der Waals surface area contributed by atoms with Crippen molar-refractivity contribution in [3.8, 4) is 0 Å². The highest BCUT2D eigenvalue weighted by molar-refractivity contribution is 5.86. The van der Waals surface area contributed by atoms with E-state index in [2.05, 4.69) is 10.6 Å². The van der Waals surface area contributed by atoms with Crippen molar-refractivity contribution in [1.82, 2.24) is 0 Å². The lowest BCUT2D eigenvalue weighted by atomic mass is 9.59. The summed E-state index contributed by atoms with van der Waals surface area (Å²) in [6.07, 6.45) is 0.805. The number of unbranched alkanes of at least 4 members (excludes halogenated alkanes) is 1. The van der Waals surface area contributed by atoms with E-state index >= 15 is 4.79 Å². The molecule has 338 valence electrons. The first-order chi connectivity index (χ1) is 31.7. The lowest BCUT2D eigenvalue weighted by Crippen LogP contribution is -2.56. The van der Waals surface area contributed by atoms with Crippen LogP contribution in [0.4, 0.5) is 21.0 Å². The smallest absolute Gasteiger partial charge is 0.412 e. The van der Waals surface area contributed by atoms with E-state index in [1.54, 1.807) is 21.3 Å². The molecule has 1 unspecified atom stereocenters. The Bertz CT molecular complexity index is 2300. The van der Waals surface area contributed by atoms with Gasteiger partial charge in [-0.3, -0.25) is 15.4 Å². The second-order valence-corrected chi connectivity index (χ2v) is 15.9. The van der Waals surface area contributed by atoms with E-state index in [0.717, 1.165) is 24.0 Å². The first kappa shape index (κ1) is 47.7. The lowest BCUT2D eigenvalue weighted by Gasteiger charge is -2.50. The Morgan fingerprint density at radius 1 is 0.477 bits per heavy atom. The van der Waals surface area contributed by atoms with Gasteiger partial charge in [-0.05, 0) is 72.7 Å². The number of esters is 1. The van der Waals surface area contributed by atoms with Gasteiger partial charge in [0.05, 0.1) is 13.2 Å². The maximum atomic E-state index is 15.2. The standard InChI is InChI=1S/C54H58N2O9/c1-52(49(57)63-38-37-61-3,54(62-4,45-23-13-7-14-24-45)46-25-15-8-16-26-46)40-53(43-19-9-5-10-20-43,44-21-11-6-12-22-44)65-51(59)56-48-33-29-42(30-34-48)39-41-27-31-47(32-28-41)55-50(58)64-36-18-17-35-60-2/h5-16,19-34H,17-18,35-40H2,1-4H3,(H,55,58)(H,56,59). The number of ether oxygens (including phenoxy) is 6. The number of carbonyl (C=O) groups is 3. The lowest BCUT2D eigenvalue weighted by molar-refractivity contribution is -0.183. The van der Waals surface area contributed by atoms with Gasteiger partial charge in [-0.25, -0.2) is 9.59 Å². The highest BCUT2D eigenvalue weighted by atomic mass is 16.6. The van der Waals surface area contributed by atoms with Crippen molar-refractivity contribution in [2.45, 2.75) is 43.8 Å². The van der Waals surface area contributed by atoms with Crippen molar-refractivity contribution in [1.29, 1.82) is 0 Å². The second-order valence-electron chi connectivity index (χ2n) is 15.9. The van der Waals surface area contributed by atoms with Crippen molar-refractivity contribution in [3.05, 3.63) is 203 Å². The zero-order chi connectivity index (χ0) is 46.0. The van der Waals surface area contributed by atoms with Gasteiger partial charge < -0.3 is 28.4 Å². The maximum absolute atomic E-state index is 15.2. The first-order valence-electron chi connectivity index (χ1n) is 21.7. The molecule has 2 N–H and O–H groups in total. The molecule has 0 aromatic heterocycles. The second kappa shape index (κ2) is 23.2. The number of rotatable bonds is 22. The number of nitrogens with one attached hydrogen (secondary N) is 2. The highest BCUT2D eigenvalue weighted by Gasteiger charge is 2.61. The Labute approximate surface area is 382 Å². The summed E-state index contributed by atoms with van der Waals surface area (Å²) in [5, 5.41) is 5.73. The number of hydrogen-bond donors (Lipinski definition) is 2. The van der Waals surface area contributed by atoms with Crippen molar-refractivity contribution < 1.29 is 42.8 Å². The zero-order valence-electron chi connectivity index (χ0n) is 37.5. The van der Waals surface area contributed by atoms with E-state index in [4.69, 9.17) is 28.4 Å². The summed E-state index contributed by atoms with van der Waals surface area (Å²) in [4.78, 5) is 41.9. The number of methoxy groups -OCH3 is 3. The summed E-state index contributed by atoms with van der Waals surface area (Å²) in [5.74, 6) is -0.572. The average Bonchev–Trinajstić information content (AvgIpc) is 3.34. The van der Waals surface area contributed by atoms with Crippen LogP contribution in [0.15, 0.2) is 170 Å². The Morgan fingerprint density at radius 2 is 0.908 bits per heavy atom. The van der Waals surface area contributed by atoms with E-state index in [1.165, 1.54) is 0 Å². The van der Waals surface area contributed by atoms with Crippen LogP contribution in [-0.2, 0) is 50.8 Å². The van der Waals surface area contributed by atoms with Crippen molar-refractivity contribution in [2.75, 3.05) is 58.4 Å². The molecule has 0 radical (unpaired) electrons. The Balaban J connectivity index is 1.31. The molecule has 0 aliphatic heterocycles. The summed E-state index contributed by atoms with van der Waals surface area (Å²) in [6, 6.07) is 53.1. The molecule has 0 fully saturated rings. The molecule has 0 bridgehead atoms. The van der Waals surface area contributed by atoms with Crippen LogP contribution in [0.25, 0.3) is 0 Å². The molecule has 6 aromatic rings. The Hall–Kier alpha value is -6.79. The van der Waals surface area contributed by atoms with E-state index < -0.39 is 34.8 Å². The number of carbonyl (C=O) groups excluding carboxylic acids is 3. The van der Waals surface area contributed by atoms with E-state index in [9.17, 15) is 9.59 Å². The van der Waals surface area contributed by atoms with Crippen molar-refractivity contribution in [2.24, 2.45) is 5.41 Å². The van der Waals surface area contributed by atoms with E-state index in [0.29, 0.717) is 53.3 Å². The van der Waals surface area contributed by atoms with E-state index in [1.807, 2.05) is 177 Å². The summed E-state index contributed by atoms with van der Waals surface area (Å²) < 4.78 is 35.2. The average molecular weight is 879 g/mol. The molecule has 0 saturated heterocycles. The largest absolute Gasteiger partial charge is 0.463 e. The van der Waals surface area contributed by atoms with Gasteiger partial charge >= 0.3 is 18.2 Å². The Kier molecular flexibility index (Phi) is 17.0. The van der Waals surface area contributed by atoms with Gasteiger partial charge in [0.15, 0.2) is 5.60 Å². The molecule has 1 atom stereocenters. The SMILES string of the molecule is COCCCCOC(=O)Nc1ccc(Cc2ccc(NC(=O)OC(CC(C)(C(=O)OCCOC)C(OC)(c3ccccc3)c3ccccc3)(c3ccccc3)c3ccccc3)cc2)cc1. The third-order valence-corrected chi connectivity index (χ3v) is 11.5. The number of anilines is 2. The van der Waals surface area contributed by atoms with Crippen LogP contribution in [0.1, 0.15) is 59.6 Å². The third-order valence-electron chi connectivity index (χ3n) is 11.5. The molecular formula is C54H58N2O9. The molecule has 11 nitrogen and oxygen atoms in total. The van der Waals surface area contributed by atoms with Crippen molar-refractivity contribution in [3.63, 3.8) is 0 Å².